The monoisotopic (exact) mass is 404 g/mol. The first-order valence-corrected chi connectivity index (χ1v) is 10.6. The SMILES string of the molecule is CC1CCN(Cc2cccc(CNC(=O)Cn3nnc(-c4ccccc4)n3)c2)CC1. The Balaban J connectivity index is 1.27. The largest absolute Gasteiger partial charge is 0.350 e. The Morgan fingerprint density at radius 2 is 1.83 bits per heavy atom. The van der Waals surface area contributed by atoms with Gasteiger partial charge in [0, 0.05) is 18.7 Å². The molecule has 1 aliphatic heterocycles. The second-order valence-corrected chi connectivity index (χ2v) is 8.06. The molecule has 7 heteroatoms. The second kappa shape index (κ2) is 9.63. The van der Waals surface area contributed by atoms with Gasteiger partial charge in [0.2, 0.25) is 11.7 Å². The van der Waals surface area contributed by atoms with E-state index >= 15 is 0 Å². The van der Waals surface area contributed by atoms with Crippen molar-refractivity contribution in [1.29, 1.82) is 0 Å². The molecule has 1 amide bonds. The third-order valence-electron chi connectivity index (χ3n) is 5.53. The smallest absolute Gasteiger partial charge is 0.243 e. The highest BCUT2D eigenvalue weighted by Gasteiger charge is 2.15. The van der Waals surface area contributed by atoms with Gasteiger partial charge in [0.15, 0.2) is 0 Å². The minimum Gasteiger partial charge on any atom is -0.350 e. The normalized spacial score (nSPS) is 15.2. The molecule has 30 heavy (non-hydrogen) atoms. The van der Waals surface area contributed by atoms with E-state index in [1.54, 1.807) is 0 Å². The highest BCUT2D eigenvalue weighted by atomic mass is 16.2. The molecule has 156 valence electrons. The van der Waals surface area contributed by atoms with Crippen LogP contribution in [-0.2, 0) is 24.4 Å². The summed E-state index contributed by atoms with van der Waals surface area (Å²) in [6, 6.07) is 18.1. The molecule has 2 heterocycles. The number of hydrogen-bond donors (Lipinski definition) is 1. The van der Waals surface area contributed by atoms with E-state index in [2.05, 4.69) is 50.8 Å². The summed E-state index contributed by atoms with van der Waals surface area (Å²) < 4.78 is 0. The van der Waals surface area contributed by atoms with Crippen LogP contribution in [0.25, 0.3) is 11.4 Å². The molecule has 0 spiro atoms. The van der Waals surface area contributed by atoms with Gasteiger partial charge in [-0.15, -0.1) is 10.2 Å². The fraction of sp³-hybridized carbons (Fsp3) is 0.391. The van der Waals surface area contributed by atoms with E-state index < -0.39 is 0 Å². The van der Waals surface area contributed by atoms with Crippen LogP contribution in [-0.4, -0.2) is 44.1 Å². The lowest BCUT2D eigenvalue weighted by molar-refractivity contribution is -0.122. The maximum Gasteiger partial charge on any atom is 0.243 e. The first-order chi connectivity index (χ1) is 14.7. The number of nitrogens with zero attached hydrogens (tertiary/aromatic N) is 5. The number of hydrogen-bond acceptors (Lipinski definition) is 5. The first kappa shape index (κ1) is 20.2. The number of carbonyl (C=O) groups excluding carboxylic acids is 1. The first-order valence-electron chi connectivity index (χ1n) is 10.6. The van der Waals surface area contributed by atoms with Gasteiger partial charge < -0.3 is 5.32 Å². The minimum absolute atomic E-state index is 0.0471. The van der Waals surface area contributed by atoms with E-state index in [9.17, 15) is 4.79 Å². The van der Waals surface area contributed by atoms with Gasteiger partial charge in [0.25, 0.3) is 0 Å². The van der Waals surface area contributed by atoms with Crippen molar-refractivity contribution in [2.24, 2.45) is 5.92 Å². The zero-order valence-corrected chi connectivity index (χ0v) is 17.4. The molecule has 1 saturated heterocycles. The summed E-state index contributed by atoms with van der Waals surface area (Å²) in [5.41, 5.74) is 3.27. The van der Waals surface area contributed by atoms with Crippen LogP contribution in [0.5, 0.6) is 0 Å². The number of benzene rings is 2. The highest BCUT2D eigenvalue weighted by Crippen LogP contribution is 2.18. The molecule has 4 rings (SSSR count). The van der Waals surface area contributed by atoms with Gasteiger partial charge in [-0.1, -0.05) is 61.5 Å². The van der Waals surface area contributed by atoms with Crippen LogP contribution in [0.15, 0.2) is 54.6 Å². The standard InChI is InChI=1S/C23H28N6O/c1-18-10-12-28(13-11-18)16-20-7-5-6-19(14-20)15-24-22(30)17-29-26-23(25-27-29)21-8-3-2-4-9-21/h2-9,14,18H,10-13,15-17H2,1H3,(H,24,30). The third kappa shape index (κ3) is 5.51. The van der Waals surface area contributed by atoms with Crippen molar-refractivity contribution in [1.82, 2.24) is 30.4 Å². The molecule has 0 saturated carbocycles. The van der Waals surface area contributed by atoms with E-state index in [4.69, 9.17) is 0 Å². The highest BCUT2D eigenvalue weighted by molar-refractivity contribution is 5.75. The summed E-state index contributed by atoms with van der Waals surface area (Å²) >= 11 is 0. The Bertz CT molecular complexity index is 963. The molecular weight excluding hydrogens is 376 g/mol. The van der Waals surface area contributed by atoms with Crippen molar-refractivity contribution >= 4 is 5.91 Å². The minimum atomic E-state index is -0.137. The van der Waals surface area contributed by atoms with E-state index in [-0.39, 0.29) is 12.5 Å². The lowest BCUT2D eigenvalue weighted by Crippen LogP contribution is -2.32. The second-order valence-electron chi connectivity index (χ2n) is 8.06. The average Bonchev–Trinajstić information content (AvgIpc) is 3.23. The van der Waals surface area contributed by atoms with Crippen LogP contribution in [0.3, 0.4) is 0 Å². The van der Waals surface area contributed by atoms with Crippen molar-refractivity contribution in [2.75, 3.05) is 13.1 Å². The predicted octanol–water partition coefficient (Wildman–Crippen LogP) is 2.89. The molecule has 0 unspecified atom stereocenters. The summed E-state index contributed by atoms with van der Waals surface area (Å²) in [5.74, 6) is 1.22. The molecule has 1 N–H and O–H groups in total. The summed E-state index contributed by atoms with van der Waals surface area (Å²) in [6.45, 7) is 6.17. The molecule has 3 aromatic rings. The van der Waals surface area contributed by atoms with Gasteiger partial charge in [0.1, 0.15) is 6.54 Å². The quantitative estimate of drug-likeness (QED) is 0.655. The number of aromatic nitrogens is 4. The molecule has 0 aliphatic carbocycles. The van der Waals surface area contributed by atoms with Gasteiger partial charge in [-0.2, -0.15) is 4.80 Å². The maximum absolute atomic E-state index is 12.3. The van der Waals surface area contributed by atoms with Crippen LogP contribution in [0, 0.1) is 5.92 Å². The molecule has 2 aromatic carbocycles. The summed E-state index contributed by atoms with van der Waals surface area (Å²) in [5, 5.41) is 15.2. The van der Waals surface area contributed by atoms with Gasteiger partial charge in [-0.25, -0.2) is 0 Å². The van der Waals surface area contributed by atoms with E-state index in [0.29, 0.717) is 12.4 Å². The Morgan fingerprint density at radius 1 is 1.07 bits per heavy atom. The number of rotatable bonds is 7. The van der Waals surface area contributed by atoms with E-state index in [0.717, 1.165) is 36.7 Å². The van der Waals surface area contributed by atoms with Gasteiger partial charge in [0.05, 0.1) is 0 Å². The lowest BCUT2D eigenvalue weighted by Gasteiger charge is -2.30. The third-order valence-corrected chi connectivity index (χ3v) is 5.53. The molecule has 7 nitrogen and oxygen atoms in total. The number of tetrazole rings is 1. The van der Waals surface area contributed by atoms with E-state index in [1.807, 2.05) is 36.4 Å². The summed E-state index contributed by atoms with van der Waals surface area (Å²) in [7, 11) is 0. The lowest BCUT2D eigenvalue weighted by atomic mass is 9.98. The van der Waals surface area contributed by atoms with Crippen molar-refractivity contribution < 1.29 is 4.79 Å². The number of carbonyl (C=O) groups is 1. The van der Waals surface area contributed by atoms with Crippen LogP contribution in [0.4, 0.5) is 0 Å². The van der Waals surface area contributed by atoms with Crippen LogP contribution >= 0.6 is 0 Å². The average molecular weight is 405 g/mol. The Labute approximate surface area is 177 Å². The predicted molar refractivity (Wildman–Crippen MR) is 115 cm³/mol. The Morgan fingerprint density at radius 3 is 2.63 bits per heavy atom. The number of amides is 1. The number of nitrogens with one attached hydrogen (secondary N) is 1. The molecule has 0 atom stereocenters. The van der Waals surface area contributed by atoms with Gasteiger partial charge in [-0.3, -0.25) is 9.69 Å². The molecule has 0 bridgehead atoms. The van der Waals surface area contributed by atoms with Crippen molar-refractivity contribution in [3.8, 4) is 11.4 Å². The van der Waals surface area contributed by atoms with Gasteiger partial charge >= 0.3 is 0 Å². The van der Waals surface area contributed by atoms with Crippen LogP contribution in [0.2, 0.25) is 0 Å². The summed E-state index contributed by atoms with van der Waals surface area (Å²) in [6.07, 6.45) is 2.55. The fourth-order valence-corrected chi connectivity index (χ4v) is 3.71. The molecule has 1 aromatic heterocycles. The zero-order chi connectivity index (χ0) is 20.8. The molecule has 0 radical (unpaired) electrons. The number of piperidine rings is 1. The van der Waals surface area contributed by atoms with Crippen molar-refractivity contribution in [2.45, 2.75) is 39.4 Å². The van der Waals surface area contributed by atoms with Crippen molar-refractivity contribution in [3.63, 3.8) is 0 Å². The Kier molecular flexibility index (Phi) is 6.49. The van der Waals surface area contributed by atoms with Crippen LogP contribution < -0.4 is 5.32 Å². The molecular formula is C23H28N6O. The Hall–Kier alpha value is -3.06. The van der Waals surface area contributed by atoms with Crippen LogP contribution in [0.1, 0.15) is 30.9 Å². The van der Waals surface area contributed by atoms with E-state index in [1.165, 1.54) is 23.2 Å². The zero-order valence-electron chi connectivity index (χ0n) is 17.4. The molecule has 1 fully saturated rings. The topological polar surface area (TPSA) is 75.9 Å². The fourth-order valence-electron chi connectivity index (χ4n) is 3.71. The van der Waals surface area contributed by atoms with Crippen molar-refractivity contribution in [3.05, 3.63) is 65.7 Å². The van der Waals surface area contributed by atoms with Gasteiger partial charge in [-0.05, 0) is 48.2 Å². The molecule has 1 aliphatic rings. The maximum atomic E-state index is 12.3. The number of likely N-dealkylation sites (tertiary alicyclic amines) is 1. The summed E-state index contributed by atoms with van der Waals surface area (Å²) in [4.78, 5) is 16.2.